The second-order valence-electron chi connectivity index (χ2n) is 4.21. The third-order valence-electron chi connectivity index (χ3n) is 2.72. The molecule has 2 aromatic carbocycles. The molecule has 0 spiro atoms. The standard InChI is InChI=1S/C15H16N2O3/c1-20-14-4-2-3-12(9-14)17-15(19)16-10-11-5-7-13(18)8-6-11/h2-9,18H,10H2,1H3,(H2,16,17,19). The van der Waals surface area contributed by atoms with E-state index < -0.39 is 0 Å². The Labute approximate surface area is 117 Å². The molecule has 3 N–H and O–H groups in total. The van der Waals surface area contributed by atoms with E-state index >= 15 is 0 Å². The van der Waals surface area contributed by atoms with Gasteiger partial charge in [-0.2, -0.15) is 0 Å². The highest BCUT2D eigenvalue weighted by atomic mass is 16.5. The largest absolute Gasteiger partial charge is 0.508 e. The molecule has 2 aromatic rings. The molecule has 0 bridgehead atoms. The third-order valence-corrected chi connectivity index (χ3v) is 2.72. The van der Waals surface area contributed by atoms with Crippen molar-refractivity contribution in [3.63, 3.8) is 0 Å². The highest BCUT2D eigenvalue weighted by molar-refractivity contribution is 5.89. The quantitative estimate of drug-likeness (QED) is 0.801. The topological polar surface area (TPSA) is 70.6 Å². The number of aromatic hydroxyl groups is 1. The first-order chi connectivity index (χ1) is 9.67. The maximum atomic E-state index is 11.7. The van der Waals surface area contributed by atoms with Crippen molar-refractivity contribution in [2.75, 3.05) is 12.4 Å². The highest BCUT2D eigenvalue weighted by Crippen LogP contribution is 2.16. The zero-order chi connectivity index (χ0) is 14.4. The Morgan fingerprint density at radius 2 is 1.95 bits per heavy atom. The second-order valence-corrected chi connectivity index (χ2v) is 4.21. The number of methoxy groups -OCH3 is 1. The van der Waals surface area contributed by atoms with Crippen LogP contribution < -0.4 is 15.4 Å². The summed E-state index contributed by atoms with van der Waals surface area (Å²) in [5.41, 5.74) is 1.57. The van der Waals surface area contributed by atoms with Gasteiger partial charge in [0.2, 0.25) is 0 Å². The third kappa shape index (κ3) is 3.91. The summed E-state index contributed by atoms with van der Waals surface area (Å²) in [5, 5.41) is 14.6. The number of hydrogen-bond acceptors (Lipinski definition) is 3. The lowest BCUT2D eigenvalue weighted by molar-refractivity contribution is 0.251. The summed E-state index contributed by atoms with van der Waals surface area (Å²) in [6, 6.07) is 13.5. The van der Waals surface area contributed by atoms with Gasteiger partial charge in [0.1, 0.15) is 11.5 Å². The first-order valence-corrected chi connectivity index (χ1v) is 6.14. The van der Waals surface area contributed by atoms with Crippen LogP contribution in [0, 0.1) is 0 Å². The molecular formula is C15H16N2O3. The van der Waals surface area contributed by atoms with E-state index in [0.29, 0.717) is 18.0 Å². The van der Waals surface area contributed by atoms with E-state index in [2.05, 4.69) is 10.6 Å². The number of urea groups is 1. The van der Waals surface area contributed by atoms with Crippen molar-refractivity contribution in [1.29, 1.82) is 0 Å². The van der Waals surface area contributed by atoms with Gasteiger partial charge < -0.3 is 20.5 Å². The number of carbonyl (C=O) groups excluding carboxylic acids is 1. The van der Waals surface area contributed by atoms with Crippen LogP contribution >= 0.6 is 0 Å². The number of rotatable bonds is 4. The fraction of sp³-hybridized carbons (Fsp3) is 0.133. The Hall–Kier alpha value is -2.69. The number of phenolic OH excluding ortho intramolecular Hbond substituents is 1. The minimum Gasteiger partial charge on any atom is -0.508 e. The Balaban J connectivity index is 1.87. The lowest BCUT2D eigenvalue weighted by atomic mass is 10.2. The van der Waals surface area contributed by atoms with Crippen LogP contribution in [-0.2, 0) is 6.54 Å². The highest BCUT2D eigenvalue weighted by Gasteiger charge is 2.02. The number of ether oxygens (including phenoxy) is 1. The van der Waals surface area contributed by atoms with Gasteiger partial charge in [0.15, 0.2) is 0 Å². The smallest absolute Gasteiger partial charge is 0.319 e. The minimum absolute atomic E-state index is 0.203. The molecule has 0 aromatic heterocycles. The van der Waals surface area contributed by atoms with Crippen molar-refractivity contribution in [3.05, 3.63) is 54.1 Å². The van der Waals surface area contributed by atoms with Crippen LogP contribution in [0.5, 0.6) is 11.5 Å². The van der Waals surface area contributed by atoms with Gasteiger partial charge in [-0.25, -0.2) is 4.79 Å². The molecule has 2 amide bonds. The van der Waals surface area contributed by atoms with Gasteiger partial charge in [-0.15, -0.1) is 0 Å². The summed E-state index contributed by atoms with van der Waals surface area (Å²) in [4.78, 5) is 11.7. The minimum atomic E-state index is -0.300. The molecule has 0 unspecified atom stereocenters. The molecule has 5 nitrogen and oxygen atoms in total. The maximum Gasteiger partial charge on any atom is 0.319 e. The van der Waals surface area contributed by atoms with E-state index in [1.807, 2.05) is 0 Å². The summed E-state index contributed by atoms with van der Waals surface area (Å²) < 4.78 is 5.08. The summed E-state index contributed by atoms with van der Waals surface area (Å²) >= 11 is 0. The number of anilines is 1. The Morgan fingerprint density at radius 1 is 1.20 bits per heavy atom. The lowest BCUT2D eigenvalue weighted by Crippen LogP contribution is -2.28. The van der Waals surface area contributed by atoms with Crippen LogP contribution in [-0.4, -0.2) is 18.2 Å². The summed E-state index contributed by atoms with van der Waals surface area (Å²) in [5.74, 6) is 0.885. The number of nitrogens with one attached hydrogen (secondary N) is 2. The zero-order valence-electron chi connectivity index (χ0n) is 11.1. The molecule has 0 aliphatic heterocycles. The molecule has 0 atom stereocenters. The normalized spacial score (nSPS) is 9.85. The molecule has 5 heteroatoms. The molecule has 0 aliphatic carbocycles. The number of amides is 2. The van der Waals surface area contributed by atoms with Crippen molar-refractivity contribution >= 4 is 11.7 Å². The van der Waals surface area contributed by atoms with E-state index in [-0.39, 0.29) is 11.8 Å². The van der Waals surface area contributed by atoms with Gasteiger partial charge in [0.05, 0.1) is 7.11 Å². The van der Waals surface area contributed by atoms with Crippen LogP contribution in [0.15, 0.2) is 48.5 Å². The molecular weight excluding hydrogens is 256 g/mol. The monoisotopic (exact) mass is 272 g/mol. The van der Waals surface area contributed by atoms with Crippen LogP contribution in [0.25, 0.3) is 0 Å². The van der Waals surface area contributed by atoms with Gasteiger partial charge in [-0.1, -0.05) is 18.2 Å². The van der Waals surface area contributed by atoms with Crippen molar-refractivity contribution in [1.82, 2.24) is 5.32 Å². The van der Waals surface area contributed by atoms with Gasteiger partial charge >= 0.3 is 6.03 Å². The molecule has 0 heterocycles. The van der Waals surface area contributed by atoms with E-state index in [4.69, 9.17) is 9.84 Å². The molecule has 0 aliphatic rings. The predicted molar refractivity (Wildman–Crippen MR) is 77.0 cm³/mol. The fourth-order valence-corrected chi connectivity index (χ4v) is 1.67. The maximum absolute atomic E-state index is 11.7. The van der Waals surface area contributed by atoms with Crippen molar-refractivity contribution < 1.29 is 14.6 Å². The SMILES string of the molecule is COc1cccc(NC(=O)NCc2ccc(O)cc2)c1. The van der Waals surface area contributed by atoms with E-state index in [9.17, 15) is 4.79 Å². The summed E-state index contributed by atoms with van der Waals surface area (Å²) in [7, 11) is 1.57. The molecule has 20 heavy (non-hydrogen) atoms. The molecule has 0 saturated carbocycles. The van der Waals surface area contributed by atoms with E-state index in [1.54, 1.807) is 55.6 Å². The van der Waals surface area contributed by atoms with Gasteiger partial charge in [-0.3, -0.25) is 0 Å². The first-order valence-electron chi connectivity index (χ1n) is 6.14. The number of phenols is 1. The fourth-order valence-electron chi connectivity index (χ4n) is 1.67. The number of benzene rings is 2. The Morgan fingerprint density at radius 3 is 2.65 bits per heavy atom. The molecule has 0 radical (unpaired) electrons. The van der Waals surface area contributed by atoms with Gasteiger partial charge in [0.25, 0.3) is 0 Å². The lowest BCUT2D eigenvalue weighted by Gasteiger charge is -2.09. The number of carbonyl (C=O) groups is 1. The average Bonchev–Trinajstić information content (AvgIpc) is 2.47. The predicted octanol–water partition coefficient (Wildman–Crippen LogP) is 2.72. The summed E-state index contributed by atoms with van der Waals surface area (Å²) in [6.07, 6.45) is 0. The Kier molecular flexibility index (Phi) is 4.44. The van der Waals surface area contributed by atoms with E-state index in [1.165, 1.54) is 0 Å². The average molecular weight is 272 g/mol. The van der Waals surface area contributed by atoms with Crippen molar-refractivity contribution in [3.8, 4) is 11.5 Å². The van der Waals surface area contributed by atoms with E-state index in [0.717, 1.165) is 5.56 Å². The van der Waals surface area contributed by atoms with Crippen LogP contribution in [0.4, 0.5) is 10.5 Å². The molecule has 2 rings (SSSR count). The van der Waals surface area contributed by atoms with Gasteiger partial charge in [-0.05, 0) is 29.8 Å². The van der Waals surface area contributed by atoms with Crippen molar-refractivity contribution in [2.45, 2.75) is 6.54 Å². The molecule has 0 saturated heterocycles. The second kappa shape index (κ2) is 6.47. The van der Waals surface area contributed by atoms with Crippen LogP contribution in [0.3, 0.4) is 0 Å². The van der Waals surface area contributed by atoms with Crippen LogP contribution in [0.1, 0.15) is 5.56 Å². The van der Waals surface area contributed by atoms with Crippen molar-refractivity contribution in [2.24, 2.45) is 0 Å². The molecule has 104 valence electrons. The molecule has 0 fully saturated rings. The Bertz CT molecular complexity index is 582. The zero-order valence-corrected chi connectivity index (χ0v) is 11.1. The summed E-state index contributed by atoms with van der Waals surface area (Å²) in [6.45, 7) is 0.385. The van der Waals surface area contributed by atoms with Gasteiger partial charge in [0, 0.05) is 18.3 Å². The first kappa shape index (κ1) is 13.7. The van der Waals surface area contributed by atoms with Crippen LogP contribution in [0.2, 0.25) is 0 Å². The number of hydrogen-bond donors (Lipinski definition) is 3.